The molecular weight excluding hydrogens is 377 g/mol. The highest BCUT2D eigenvalue weighted by atomic mass is 19.1. The van der Waals surface area contributed by atoms with Crippen molar-refractivity contribution in [2.24, 2.45) is 0 Å². The first-order valence-corrected chi connectivity index (χ1v) is 9.41. The highest BCUT2D eigenvalue weighted by molar-refractivity contribution is 5.93. The smallest absolute Gasteiger partial charge is 0.417 e. The summed E-state index contributed by atoms with van der Waals surface area (Å²) in [7, 11) is 3.00. The number of ether oxygens (including phenoxy) is 3. The Balaban J connectivity index is 1.67. The van der Waals surface area contributed by atoms with Crippen LogP contribution in [0.4, 0.5) is 9.18 Å². The Morgan fingerprint density at radius 2 is 1.79 bits per heavy atom. The van der Waals surface area contributed by atoms with Crippen LogP contribution in [0.1, 0.15) is 36.4 Å². The minimum Gasteiger partial charge on any atom is -0.446 e. The third-order valence-electron chi connectivity index (χ3n) is 5.17. The molecule has 0 N–H and O–H groups in total. The Hall–Kier alpha value is -2.77. The molecule has 7 heteroatoms. The molecule has 6 nitrogen and oxygen atoms in total. The van der Waals surface area contributed by atoms with Crippen molar-refractivity contribution in [1.82, 2.24) is 4.90 Å². The van der Waals surface area contributed by atoms with E-state index in [0.29, 0.717) is 18.4 Å². The molecule has 0 saturated carbocycles. The average molecular weight is 401 g/mol. The zero-order valence-electron chi connectivity index (χ0n) is 16.5. The Bertz CT molecular complexity index is 836. The third-order valence-corrected chi connectivity index (χ3v) is 5.17. The van der Waals surface area contributed by atoms with Crippen LogP contribution in [0.25, 0.3) is 0 Å². The predicted octanol–water partition coefficient (Wildman–Crippen LogP) is 4.16. The lowest BCUT2D eigenvalue weighted by atomic mass is 9.98. The molecule has 0 aliphatic carbocycles. The van der Waals surface area contributed by atoms with Crippen LogP contribution < -0.4 is 0 Å². The fourth-order valence-electron chi connectivity index (χ4n) is 3.58. The first kappa shape index (κ1) is 21.0. The number of carbonyl (C=O) groups is 2. The maximum absolute atomic E-state index is 13.3. The van der Waals surface area contributed by atoms with Crippen molar-refractivity contribution in [2.75, 3.05) is 20.8 Å². The summed E-state index contributed by atoms with van der Waals surface area (Å²) in [5.41, 5.74) is 1.50. The first-order chi connectivity index (χ1) is 14.0. The lowest BCUT2D eigenvalue weighted by Crippen LogP contribution is -2.35. The van der Waals surface area contributed by atoms with E-state index in [2.05, 4.69) is 0 Å². The van der Waals surface area contributed by atoms with Gasteiger partial charge in [0.15, 0.2) is 5.79 Å². The van der Waals surface area contributed by atoms with Crippen LogP contribution in [-0.2, 0) is 24.8 Å². The summed E-state index contributed by atoms with van der Waals surface area (Å²) in [6, 6.07) is 14.7. The van der Waals surface area contributed by atoms with Gasteiger partial charge < -0.3 is 14.2 Å². The molecule has 1 heterocycles. The Morgan fingerprint density at radius 3 is 2.41 bits per heavy atom. The molecule has 0 aromatic heterocycles. The number of hydrogen-bond donors (Lipinski definition) is 0. The van der Waals surface area contributed by atoms with Gasteiger partial charge in [-0.15, -0.1) is 0 Å². The summed E-state index contributed by atoms with van der Waals surface area (Å²) in [5, 5.41) is 0. The number of nitrogens with zero attached hydrogens (tertiary/aromatic N) is 1. The van der Waals surface area contributed by atoms with Crippen molar-refractivity contribution >= 4 is 12.0 Å². The number of halogens is 1. The summed E-state index contributed by atoms with van der Waals surface area (Å²) in [6.07, 6.45) is 0.250. The molecule has 0 bridgehead atoms. The number of methoxy groups -OCH3 is 2. The van der Waals surface area contributed by atoms with Crippen LogP contribution in [0.3, 0.4) is 0 Å². The Morgan fingerprint density at radius 1 is 1.14 bits per heavy atom. The van der Waals surface area contributed by atoms with Crippen LogP contribution >= 0.6 is 0 Å². The molecule has 1 aliphatic heterocycles. The van der Waals surface area contributed by atoms with Gasteiger partial charge in [-0.25, -0.2) is 14.1 Å². The molecule has 0 spiro atoms. The topological polar surface area (TPSA) is 65.1 Å². The zero-order chi connectivity index (χ0) is 20.9. The van der Waals surface area contributed by atoms with Crippen LogP contribution in [0.2, 0.25) is 0 Å². The quantitative estimate of drug-likeness (QED) is 0.622. The van der Waals surface area contributed by atoms with Gasteiger partial charge in [0.2, 0.25) is 5.91 Å². The fraction of sp³-hybridized carbons (Fsp3) is 0.364. The summed E-state index contributed by atoms with van der Waals surface area (Å²) >= 11 is 0. The summed E-state index contributed by atoms with van der Waals surface area (Å²) in [5.74, 6) is -1.77. The van der Waals surface area contributed by atoms with Crippen molar-refractivity contribution in [2.45, 2.75) is 31.1 Å². The van der Waals surface area contributed by atoms with Gasteiger partial charge >= 0.3 is 6.09 Å². The molecule has 1 saturated heterocycles. The van der Waals surface area contributed by atoms with E-state index in [1.807, 2.05) is 30.3 Å². The van der Waals surface area contributed by atoms with Crippen molar-refractivity contribution < 1.29 is 28.2 Å². The van der Waals surface area contributed by atoms with Crippen molar-refractivity contribution in [3.8, 4) is 0 Å². The Kier molecular flexibility index (Phi) is 6.61. The molecule has 1 atom stereocenters. The van der Waals surface area contributed by atoms with E-state index in [-0.39, 0.29) is 24.8 Å². The lowest BCUT2D eigenvalue weighted by molar-refractivity contribution is -0.221. The average Bonchev–Trinajstić information content (AvgIpc) is 3.14. The van der Waals surface area contributed by atoms with Crippen LogP contribution in [0, 0.1) is 5.82 Å². The minimum absolute atomic E-state index is 0.119. The van der Waals surface area contributed by atoms with E-state index in [4.69, 9.17) is 14.2 Å². The van der Waals surface area contributed by atoms with E-state index in [1.54, 1.807) is 12.1 Å². The number of rotatable bonds is 8. The lowest BCUT2D eigenvalue weighted by Gasteiger charge is -2.31. The van der Waals surface area contributed by atoms with Crippen molar-refractivity contribution in [1.29, 1.82) is 0 Å². The first-order valence-electron chi connectivity index (χ1n) is 9.41. The third kappa shape index (κ3) is 4.46. The van der Waals surface area contributed by atoms with E-state index >= 15 is 0 Å². The van der Waals surface area contributed by atoms with E-state index in [9.17, 15) is 14.0 Å². The van der Waals surface area contributed by atoms with Crippen molar-refractivity contribution in [3.05, 3.63) is 71.5 Å². The highest BCUT2D eigenvalue weighted by Gasteiger charge is 2.39. The second-order valence-corrected chi connectivity index (χ2v) is 6.79. The van der Waals surface area contributed by atoms with Gasteiger partial charge in [0.05, 0.1) is 0 Å². The van der Waals surface area contributed by atoms with Gasteiger partial charge in [0.25, 0.3) is 0 Å². The molecule has 2 amide bonds. The molecule has 1 fully saturated rings. The SMILES string of the molecule is COC(CCCC(=O)N1C(=O)OCC1c1ccccc1)(OC)c1ccc(F)cc1. The molecule has 1 unspecified atom stereocenters. The van der Waals surface area contributed by atoms with Crippen molar-refractivity contribution in [3.63, 3.8) is 0 Å². The number of cyclic esters (lactones) is 1. The number of hydrogen-bond acceptors (Lipinski definition) is 5. The maximum atomic E-state index is 13.3. The van der Waals surface area contributed by atoms with Gasteiger partial charge in [0, 0.05) is 32.6 Å². The zero-order valence-corrected chi connectivity index (χ0v) is 16.5. The van der Waals surface area contributed by atoms with Gasteiger partial charge in [-0.2, -0.15) is 0 Å². The fourth-order valence-corrected chi connectivity index (χ4v) is 3.58. The van der Waals surface area contributed by atoms with Gasteiger partial charge in [0.1, 0.15) is 18.5 Å². The second kappa shape index (κ2) is 9.15. The summed E-state index contributed by atoms with van der Waals surface area (Å²) in [4.78, 5) is 26.1. The van der Waals surface area contributed by atoms with Crippen LogP contribution in [0.5, 0.6) is 0 Å². The summed E-state index contributed by atoms with van der Waals surface area (Å²) in [6.45, 7) is 0.143. The monoisotopic (exact) mass is 401 g/mol. The number of amides is 2. The van der Waals surface area contributed by atoms with Crippen LogP contribution in [0.15, 0.2) is 54.6 Å². The molecule has 154 valence electrons. The number of carbonyl (C=O) groups excluding carboxylic acids is 2. The molecule has 29 heavy (non-hydrogen) atoms. The molecular formula is C22H24FNO5. The molecule has 0 radical (unpaired) electrons. The number of benzene rings is 2. The van der Waals surface area contributed by atoms with E-state index in [0.717, 1.165) is 5.56 Å². The second-order valence-electron chi connectivity index (χ2n) is 6.79. The van der Waals surface area contributed by atoms with Gasteiger partial charge in [-0.05, 0) is 24.1 Å². The highest BCUT2D eigenvalue weighted by Crippen LogP contribution is 2.33. The molecule has 3 rings (SSSR count). The maximum Gasteiger partial charge on any atom is 0.417 e. The largest absolute Gasteiger partial charge is 0.446 e. The summed E-state index contributed by atoms with van der Waals surface area (Å²) < 4.78 is 29.5. The predicted molar refractivity (Wildman–Crippen MR) is 103 cm³/mol. The number of imide groups is 1. The molecule has 1 aliphatic rings. The minimum atomic E-state index is -1.10. The van der Waals surface area contributed by atoms with E-state index < -0.39 is 17.9 Å². The Labute approximate surface area is 169 Å². The normalized spacial score (nSPS) is 16.7. The van der Waals surface area contributed by atoms with Crippen LogP contribution in [-0.4, -0.2) is 37.7 Å². The van der Waals surface area contributed by atoms with Gasteiger partial charge in [-0.3, -0.25) is 4.79 Å². The standard InChI is InChI=1S/C22H24FNO5/c1-27-22(28-2,17-10-12-18(23)13-11-17)14-6-9-20(25)24-19(15-29-21(24)26)16-7-4-3-5-8-16/h3-5,7-8,10-13,19H,6,9,14-15H2,1-2H3. The van der Waals surface area contributed by atoms with E-state index in [1.165, 1.54) is 31.3 Å². The molecule has 2 aromatic carbocycles. The van der Waals surface area contributed by atoms with Gasteiger partial charge in [-0.1, -0.05) is 42.5 Å². The molecule has 2 aromatic rings.